The van der Waals surface area contributed by atoms with Crippen LogP contribution in [0.2, 0.25) is 0 Å². The van der Waals surface area contributed by atoms with Gasteiger partial charge in [0.1, 0.15) is 0 Å². The lowest BCUT2D eigenvalue weighted by Crippen LogP contribution is -2.28. The van der Waals surface area contributed by atoms with E-state index in [-0.39, 0.29) is 11.9 Å². The molecule has 2 heteroatoms. The molecule has 1 atom stereocenters. The molecule has 0 heterocycles. The Hall–Kier alpha value is -1.05. The number of hydrogen-bond donors (Lipinski definition) is 1. The Morgan fingerprint density at radius 3 is 2.15 bits per heavy atom. The van der Waals surface area contributed by atoms with Crippen LogP contribution in [0.25, 0.3) is 0 Å². The Labute approximate surface area is 81.7 Å². The predicted octanol–water partition coefficient (Wildman–Crippen LogP) is 2.67. The molecule has 0 aliphatic rings. The minimum atomic E-state index is -0.0103. The van der Waals surface area contributed by atoms with Crippen molar-refractivity contribution in [3.05, 3.63) is 24.3 Å². The Kier molecular flexibility index (Phi) is 10.1. The standard InChI is InChI=1S/C9H15NO.C2H6/c1-7(2)5-6-8(3)10-9(4)11;1-2/h5-6,8H,1H2,2-4H3,(H,10,11);1-2H3/b6-5-;. The van der Waals surface area contributed by atoms with Gasteiger partial charge in [-0.25, -0.2) is 0 Å². The van der Waals surface area contributed by atoms with Gasteiger partial charge in [-0.2, -0.15) is 0 Å². The van der Waals surface area contributed by atoms with Gasteiger partial charge in [0, 0.05) is 13.0 Å². The van der Waals surface area contributed by atoms with Crippen LogP contribution in [0.3, 0.4) is 0 Å². The van der Waals surface area contributed by atoms with Crippen molar-refractivity contribution in [1.29, 1.82) is 0 Å². The third-order valence-corrected chi connectivity index (χ3v) is 1.10. The van der Waals surface area contributed by atoms with Crippen LogP contribution in [0.1, 0.15) is 34.6 Å². The molecule has 0 saturated heterocycles. The summed E-state index contributed by atoms with van der Waals surface area (Å²) in [6.07, 6.45) is 3.80. The maximum atomic E-state index is 10.5. The summed E-state index contributed by atoms with van der Waals surface area (Å²) in [5.74, 6) is -0.0103. The van der Waals surface area contributed by atoms with E-state index in [1.165, 1.54) is 6.92 Å². The molecule has 0 spiro atoms. The van der Waals surface area contributed by atoms with E-state index in [4.69, 9.17) is 0 Å². The van der Waals surface area contributed by atoms with Gasteiger partial charge in [0.25, 0.3) is 0 Å². The second kappa shape index (κ2) is 9.04. The molecule has 0 bridgehead atoms. The van der Waals surface area contributed by atoms with Crippen LogP contribution in [0, 0.1) is 0 Å². The number of carbonyl (C=O) groups excluding carboxylic acids is 1. The van der Waals surface area contributed by atoms with Crippen LogP contribution in [0.5, 0.6) is 0 Å². The van der Waals surface area contributed by atoms with Gasteiger partial charge in [-0.1, -0.05) is 38.2 Å². The first kappa shape index (κ1) is 14.5. The SMILES string of the molecule is C=C(C)/C=C\C(C)NC(C)=O.CC. The van der Waals surface area contributed by atoms with Crippen molar-refractivity contribution in [2.24, 2.45) is 0 Å². The van der Waals surface area contributed by atoms with Crippen molar-refractivity contribution < 1.29 is 4.79 Å². The lowest BCUT2D eigenvalue weighted by atomic mass is 10.2. The van der Waals surface area contributed by atoms with E-state index >= 15 is 0 Å². The van der Waals surface area contributed by atoms with Gasteiger partial charge in [0.2, 0.25) is 5.91 Å². The summed E-state index contributed by atoms with van der Waals surface area (Å²) < 4.78 is 0. The van der Waals surface area contributed by atoms with E-state index in [0.29, 0.717) is 0 Å². The molecule has 0 aliphatic heterocycles. The molecular weight excluding hydrogens is 162 g/mol. The van der Waals surface area contributed by atoms with Gasteiger partial charge < -0.3 is 5.32 Å². The summed E-state index contributed by atoms with van der Waals surface area (Å²) in [5.41, 5.74) is 0.988. The highest BCUT2D eigenvalue weighted by Crippen LogP contribution is 1.91. The van der Waals surface area contributed by atoms with E-state index in [1.54, 1.807) is 0 Å². The molecule has 0 aromatic rings. The summed E-state index contributed by atoms with van der Waals surface area (Å²) in [6, 6.07) is 0.0872. The molecule has 13 heavy (non-hydrogen) atoms. The zero-order valence-electron chi connectivity index (χ0n) is 9.35. The number of amides is 1. The molecule has 0 aromatic heterocycles. The van der Waals surface area contributed by atoms with Gasteiger partial charge in [0.05, 0.1) is 0 Å². The number of hydrogen-bond acceptors (Lipinski definition) is 1. The molecule has 0 rings (SSSR count). The fourth-order valence-electron chi connectivity index (χ4n) is 0.677. The van der Waals surface area contributed by atoms with Crippen LogP contribution in [0.4, 0.5) is 0 Å². The molecule has 0 radical (unpaired) electrons. The Morgan fingerprint density at radius 1 is 1.38 bits per heavy atom. The largest absolute Gasteiger partial charge is 0.350 e. The van der Waals surface area contributed by atoms with E-state index in [0.717, 1.165) is 5.57 Å². The second-order valence-electron chi connectivity index (χ2n) is 2.69. The topological polar surface area (TPSA) is 29.1 Å². The van der Waals surface area contributed by atoms with Gasteiger partial charge in [-0.05, 0) is 13.8 Å². The van der Waals surface area contributed by atoms with Crippen LogP contribution in [-0.4, -0.2) is 11.9 Å². The highest BCUT2D eigenvalue weighted by molar-refractivity contribution is 5.73. The molecule has 1 amide bonds. The fourth-order valence-corrected chi connectivity index (χ4v) is 0.677. The van der Waals surface area contributed by atoms with Crippen molar-refractivity contribution in [3.63, 3.8) is 0 Å². The predicted molar refractivity (Wildman–Crippen MR) is 58.6 cm³/mol. The first-order valence-electron chi connectivity index (χ1n) is 4.63. The summed E-state index contributed by atoms with van der Waals surface area (Å²) in [4.78, 5) is 10.5. The third kappa shape index (κ3) is 13.9. The van der Waals surface area contributed by atoms with Crippen LogP contribution in [-0.2, 0) is 4.79 Å². The van der Waals surface area contributed by atoms with E-state index in [1.807, 2.05) is 39.8 Å². The quantitative estimate of drug-likeness (QED) is 0.670. The van der Waals surface area contributed by atoms with Crippen molar-refractivity contribution >= 4 is 5.91 Å². The average molecular weight is 183 g/mol. The van der Waals surface area contributed by atoms with Gasteiger partial charge in [-0.15, -0.1) is 0 Å². The Morgan fingerprint density at radius 2 is 1.85 bits per heavy atom. The van der Waals surface area contributed by atoms with Crippen molar-refractivity contribution in [3.8, 4) is 0 Å². The lowest BCUT2D eigenvalue weighted by molar-refractivity contribution is -0.119. The van der Waals surface area contributed by atoms with Gasteiger partial charge in [-0.3, -0.25) is 4.79 Å². The summed E-state index contributed by atoms with van der Waals surface area (Å²) in [6.45, 7) is 13.0. The minimum Gasteiger partial charge on any atom is -0.350 e. The fraction of sp³-hybridized carbons (Fsp3) is 0.545. The molecule has 0 aliphatic carbocycles. The number of allylic oxidation sites excluding steroid dienone is 2. The summed E-state index contributed by atoms with van der Waals surface area (Å²) >= 11 is 0. The normalized spacial score (nSPS) is 11.5. The molecule has 76 valence electrons. The third-order valence-electron chi connectivity index (χ3n) is 1.10. The second-order valence-corrected chi connectivity index (χ2v) is 2.69. The Balaban J connectivity index is 0. The molecular formula is C11H21NO. The van der Waals surface area contributed by atoms with Crippen LogP contribution in [0.15, 0.2) is 24.3 Å². The van der Waals surface area contributed by atoms with Gasteiger partial charge in [0.15, 0.2) is 0 Å². The van der Waals surface area contributed by atoms with Crippen molar-refractivity contribution in [2.45, 2.75) is 40.7 Å². The van der Waals surface area contributed by atoms with Crippen LogP contribution >= 0.6 is 0 Å². The zero-order chi connectivity index (χ0) is 10.9. The lowest BCUT2D eigenvalue weighted by Gasteiger charge is -2.05. The molecule has 2 nitrogen and oxygen atoms in total. The molecule has 1 unspecified atom stereocenters. The Bertz CT molecular complexity index is 183. The first-order chi connectivity index (χ1) is 6.02. The highest BCUT2D eigenvalue weighted by Gasteiger charge is 1.95. The van der Waals surface area contributed by atoms with E-state index in [9.17, 15) is 4.79 Å². The summed E-state index contributed by atoms with van der Waals surface area (Å²) in [7, 11) is 0. The summed E-state index contributed by atoms with van der Waals surface area (Å²) in [5, 5.41) is 2.73. The maximum absolute atomic E-state index is 10.5. The minimum absolute atomic E-state index is 0.0103. The molecule has 0 fully saturated rings. The number of rotatable bonds is 3. The van der Waals surface area contributed by atoms with Crippen LogP contribution < -0.4 is 5.32 Å². The monoisotopic (exact) mass is 183 g/mol. The number of nitrogens with one attached hydrogen (secondary N) is 1. The van der Waals surface area contributed by atoms with Crippen molar-refractivity contribution in [1.82, 2.24) is 5.32 Å². The maximum Gasteiger partial charge on any atom is 0.217 e. The molecule has 0 saturated carbocycles. The van der Waals surface area contributed by atoms with E-state index < -0.39 is 0 Å². The van der Waals surface area contributed by atoms with Crippen molar-refractivity contribution in [2.75, 3.05) is 0 Å². The zero-order valence-corrected chi connectivity index (χ0v) is 9.35. The first-order valence-corrected chi connectivity index (χ1v) is 4.63. The van der Waals surface area contributed by atoms with Gasteiger partial charge >= 0.3 is 0 Å². The number of carbonyl (C=O) groups is 1. The van der Waals surface area contributed by atoms with E-state index in [2.05, 4.69) is 11.9 Å². The smallest absolute Gasteiger partial charge is 0.217 e. The molecule has 0 aromatic carbocycles. The molecule has 1 N–H and O–H groups in total. The highest BCUT2D eigenvalue weighted by atomic mass is 16.1. The average Bonchev–Trinajstić information content (AvgIpc) is 2.03.